The molecule has 1 unspecified atom stereocenters. The van der Waals surface area contributed by atoms with E-state index < -0.39 is 0 Å². The largest absolute Gasteiger partial charge is 0.274 e. The van der Waals surface area contributed by atoms with Crippen molar-refractivity contribution >= 4 is 11.8 Å². The SMILES string of the molecule is Cc1cccc(C(c2ccccc2)N2C(=O)CCC2=O)c1C. The van der Waals surface area contributed by atoms with Gasteiger partial charge in [-0.05, 0) is 36.1 Å². The Hall–Kier alpha value is -2.42. The lowest BCUT2D eigenvalue weighted by Crippen LogP contribution is -2.34. The smallest absolute Gasteiger partial charge is 0.230 e. The molecule has 22 heavy (non-hydrogen) atoms. The zero-order chi connectivity index (χ0) is 15.7. The van der Waals surface area contributed by atoms with Crippen LogP contribution >= 0.6 is 0 Å². The van der Waals surface area contributed by atoms with E-state index in [1.54, 1.807) is 0 Å². The molecule has 2 amide bonds. The summed E-state index contributed by atoms with van der Waals surface area (Å²) in [6.45, 7) is 4.10. The molecule has 3 nitrogen and oxygen atoms in total. The van der Waals surface area contributed by atoms with Gasteiger partial charge in [-0.1, -0.05) is 48.5 Å². The highest BCUT2D eigenvalue weighted by atomic mass is 16.2. The van der Waals surface area contributed by atoms with Crippen molar-refractivity contribution < 1.29 is 9.59 Å². The number of carbonyl (C=O) groups excluding carboxylic acids is 2. The molecule has 2 aromatic rings. The normalized spacial score (nSPS) is 16.2. The summed E-state index contributed by atoms with van der Waals surface area (Å²) >= 11 is 0. The molecule has 1 atom stereocenters. The van der Waals surface area contributed by atoms with E-state index in [0.717, 1.165) is 22.3 Å². The highest BCUT2D eigenvalue weighted by Gasteiger charge is 2.37. The molecule has 1 aliphatic heterocycles. The molecule has 0 N–H and O–H groups in total. The number of rotatable bonds is 3. The first kappa shape index (κ1) is 14.5. The lowest BCUT2D eigenvalue weighted by molar-refractivity contribution is -0.140. The van der Waals surface area contributed by atoms with Gasteiger partial charge in [-0.15, -0.1) is 0 Å². The standard InChI is InChI=1S/C19H19NO2/c1-13-7-6-10-16(14(13)2)19(15-8-4-3-5-9-15)20-17(21)11-12-18(20)22/h3-10,19H,11-12H2,1-2H3. The molecule has 3 heteroatoms. The van der Waals surface area contributed by atoms with Crippen LogP contribution in [0.4, 0.5) is 0 Å². The number of hydrogen-bond acceptors (Lipinski definition) is 2. The van der Waals surface area contributed by atoms with Crippen molar-refractivity contribution in [2.24, 2.45) is 0 Å². The van der Waals surface area contributed by atoms with Crippen LogP contribution in [0, 0.1) is 13.8 Å². The van der Waals surface area contributed by atoms with Gasteiger partial charge < -0.3 is 0 Å². The Labute approximate surface area is 130 Å². The second kappa shape index (κ2) is 5.76. The minimum absolute atomic E-state index is 0.0836. The number of likely N-dealkylation sites (tertiary alicyclic amines) is 1. The first-order valence-electron chi connectivity index (χ1n) is 7.55. The van der Waals surface area contributed by atoms with E-state index in [-0.39, 0.29) is 17.9 Å². The van der Waals surface area contributed by atoms with Crippen LogP contribution < -0.4 is 0 Å². The van der Waals surface area contributed by atoms with Crippen LogP contribution in [0.25, 0.3) is 0 Å². The summed E-state index contributed by atoms with van der Waals surface area (Å²) in [7, 11) is 0. The summed E-state index contributed by atoms with van der Waals surface area (Å²) in [5.41, 5.74) is 4.29. The number of aryl methyl sites for hydroxylation is 1. The molecule has 0 bridgehead atoms. The van der Waals surface area contributed by atoms with E-state index in [0.29, 0.717) is 12.8 Å². The average Bonchev–Trinajstić information content (AvgIpc) is 2.85. The van der Waals surface area contributed by atoms with Gasteiger partial charge in [0.05, 0.1) is 6.04 Å². The maximum absolute atomic E-state index is 12.3. The monoisotopic (exact) mass is 293 g/mol. The van der Waals surface area contributed by atoms with Crippen molar-refractivity contribution in [1.82, 2.24) is 4.90 Å². The van der Waals surface area contributed by atoms with Crippen molar-refractivity contribution in [2.75, 3.05) is 0 Å². The molecule has 1 saturated heterocycles. The predicted molar refractivity (Wildman–Crippen MR) is 85.3 cm³/mol. The number of carbonyl (C=O) groups is 2. The first-order valence-corrected chi connectivity index (χ1v) is 7.55. The van der Waals surface area contributed by atoms with Gasteiger partial charge in [0.25, 0.3) is 0 Å². The number of benzene rings is 2. The van der Waals surface area contributed by atoms with Crippen LogP contribution in [-0.4, -0.2) is 16.7 Å². The minimum atomic E-state index is -0.330. The Balaban J connectivity index is 2.17. The molecule has 1 aliphatic rings. The predicted octanol–water partition coefficient (Wildman–Crippen LogP) is 3.54. The van der Waals surface area contributed by atoms with Gasteiger partial charge in [0, 0.05) is 12.8 Å². The molecule has 0 aliphatic carbocycles. The fourth-order valence-electron chi connectivity index (χ4n) is 3.05. The Morgan fingerprint density at radius 3 is 2.14 bits per heavy atom. The second-order valence-electron chi connectivity index (χ2n) is 5.76. The first-order chi connectivity index (χ1) is 10.6. The van der Waals surface area contributed by atoms with E-state index in [1.807, 2.05) is 49.4 Å². The summed E-state index contributed by atoms with van der Waals surface area (Å²) in [6, 6.07) is 15.5. The highest BCUT2D eigenvalue weighted by Crippen LogP contribution is 2.35. The maximum Gasteiger partial charge on any atom is 0.230 e. The van der Waals surface area contributed by atoms with Crippen LogP contribution in [-0.2, 0) is 9.59 Å². The maximum atomic E-state index is 12.3. The Kier molecular flexibility index (Phi) is 3.80. The third-order valence-corrected chi connectivity index (χ3v) is 4.40. The van der Waals surface area contributed by atoms with E-state index in [2.05, 4.69) is 13.0 Å². The summed E-state index contributed by atoms with van der Waals surface area (Å²) in [5.74, 6) is -0.167. The molecular weight excluding hydrogens is 274 g/mol. The number of amides is 2. The van der Waals surface area contributed by atoms with Crippen LogP contribution in [0.5, 0.6) is 0 Å². The molecule has 1 fully saturated rings. The molecule has 3 rings (SSSR count). The lowest BCUT2D eigenvalue weighted by atomic mass is 9.91. The topological polar surface area (TPSA) is 37.4 Å². The summed E-state index contributed by atoms with van der Waals surface area (Å²) in [5, 5.41) is 0. The quantitative estimate of drug-likeness (QED) is 0.812. The third-order valence-electron chi connectivity index (χ3n) is 4.40. The lowest BCUT2D eigenvalue weighted by Gasteiger charge is -2.29. The van der Waals surface area contributed by atoms with Gasteiger partial charge in [-0.3, -0.25) is 14.5 Å². The molecule has 0 aromatic heterocycles. The third kappa shape index (κ3) is 2.43. The zero-order valence-electron chi connectivity index (χ0n) is 12.9. The average molecular weight is 293 g/mol. The van der Waals surface area contributed by atoms with E-state index in [1.165, 1.54) is 4.90 Å². The van der Waals surface area contributed by atoms with Crippen LogP contribution in [0.3, 0.4) is 0 Å². The van der Waals surface area contributed by atoms with Gasteiger partial charge in [0.15, 0.2) is 0 Å². The Morgan fingerprint density at radius 1 is 0.864 bits per heavy atom. The Bertz CT molecular complexity index is 705. The molecule has 2 aromatic carbocycles. The number of nitrogens with zero attached hydrogens (tertiary/aromatic N) is 1. The van der Waals surface area contributed by atoms with Gasteiger partial charge >= 0.3 is 0 Å². The van der Waals surface area contributed by atoms with Crippen molar-refractivity contribution in [3.63, 3.8) is 0 Å². The molecule has 0 radical (unpaired) electrons. The van der Waals surface area contributed by atoms with Gasteiger partial charge in [0.2, 0.25) is 11.8 Å². The molecule has 1 heterocycles. The van der Waals surface area contributed by atoms with Gasteiger partial charge in [-0.25, -0.2) is 0 Å². The van der Waals surface area contributed by atoms with E-state index in [4.69, 9.17) is 0 Å². The van der Waals surface area contributed by atoms with Crippen molar-refractivity contribution in [1.29, 1.82) is 0 Å². The fourth-order valence-corrected chi connectivity index (χ4v) is 3.05. The molecule has 0 saturated carbocycles. The van der Waals surface area contributed by atoms with Crippen molar-refractivity contribution in [3.05, 3.63) is 70.8 Å². The molecular formula is C19H19NO2. The molecule has 0 spiro atoms. The summed E-state index contributed by atoms with van der Waals surface area (Å²) < 4.78 is 0. The van der Waals surface area contributed by atoms with Crippen molar-refractivity contribution in [3.8, 4) is 0 Å². The Morgan fingerprint density at radius 2 is 1.50 bits per heavy atom. The second-order valence-corrected chi connectivity index (χ2v) is 5.76. The number of hydrogen-bond donors (Lipinski definition) is 0. The van der Waals surface area contributed by atoms with Crippen LogP contribution in [0.2, 0.25) is 0 Å². The van der Waals surface area contributed by atoms with Gasteiger partial charge in [0.1, 0.15) is 0 Å². The minimum Gasteiger partial charge on any atom is -0.274 e. The summed E-state index contributed by atoms with van der Waals surface area (Å²) in [4.78, 5) is 26.0. The highest BCUT2D eigenvalue weighted by molar-refractivity contribution is 6.02. The van der Waals surface area contributed by atoms with Crippen LogP contribution in [0.15, 0.2) is 48.5 Å². The zero-order valence-corrected chi connectivity index (χ0v) is 12.9. The summed E-state index contributed by atoms with van der Waals surface area (Å²) in [6.07, 6.45) is 0.625. The number of imide groups is 1. The van der Waals surface area contributed by atoms with E-state index >= 15 is 0 Å². The van der Waals surface area contributed by atoms with Gasteiger partial charge in [-0.2, -0.15) is 0 Å². The van der Waals surface area contributed by atoms with Crippen molar-refractivity contribution in [2.45, 2.75) is 32.7 Å². The van der Waals surface area contributed by atoms with E-state index in [9.17, 15) is 9.59 Å². The fraction of sp³-hybridized carbons (Fsp3) is 0.263. The van der Waals surface area contributed by atoms with Crippen LogP contribution in [0.1, 0.15) is 41.1 Å². The molecule has 112 valence electrons.